The van der Waals surface area contributed by atoms with Crippen LogP contribution in [-0.4, -0.2) is 18.2 Å². The van der Waals surface area contributed by atoms with Crippen LogP contribution in [0.25, 0.3) is 5.69 Å². The SMILES string of the molecule is Cc1ccc(-n2cc(Br)cn2)cc1S(=O)(=O)Cl. The molecule has 0 aliphatic rings. The van der Waals surface area contributed by atoms with Gasteiger partial charge in [0.15, 0.2) is 0 Å². The quantitative estimate of drug-likeness (QED) is 0.793. The maximum Gasteiger partial charge on any atom is 0.261 e. The molecule has 0 atom stereocenters. The molecule has 0 spiro atoms. The zero-order valence-electron chi connectivity index (χ0n) is 8.76. The highest BCUT2D eigenvalue weighted by atomic mass is 79.9. The largest absolute Gasteiger partial charge is 0.261 e. The van der Waals surface area contributed by atoms with E-state index in [1.54, 1.807) is 36.1 Å². The van der Waals surface area contributed by atoms with Crippen LogP contribution in [0.5, 0.6) is 0 Å². The average molecular weight is 336 g/mol. The van der Waals surface area contributed by atoms with Crippen LogP contribution in [-0.2, 0) is 9.05 Å². The summed E-state index contributed by atoms with van der Waals surface area (Å²) < 4.78 is 25.1. The summed E-state index contributed by atoms with van der Waals surface area (Å²) in [5.41, 5.74) is 1.25. The molecule has 0 fully saturated rings. The van der Waals surface area contributed by atoms with Crippen molar-refractivity contribution in [2.24, 2.45) is 0 Å². The van der Waals surface area contributed by atoms with Crippen LogP contribution >= 0.6 is 26.6 Å². The van der Waals surface area contributed by atoms with Crippen LogP contribution in [0, 0.1) is 6.92 Å². The molecule has 0 unspecified atom stereocenters. The third-order valence-electron chi connectivity index (χ3n) is 2.25. The molecule has 1 aromatic heterocycles. The highest BCUT2D eigenvalue weighted by Gasteiger charge is 2.14. The Morgan fingerprint density at radius 1 is 1.41 bits per heavy atom. The number of rotatable bonds is 2. The van der Waals surface area contributed by atoms with E-state index >= 15 is 0 Å². The molecule has 0 bridgehead atoms. The summed E-state index contributed by atoms with van der Waals surface area (Å²) in [5, 5.41) is 4.07. The molecule has 7 heteroatoms. The Labute approximate surface area is 112 Å². The molecule has 1 aromatic carbocycles. The van der Waals surface area contributed by atoms with Gasteiger partial charge in [0.25, 0.3) is 9.05 Å². The van der Waals surface area contributed by atoms with Gasteiger partial charge in [0.05, 0.1) is 21.3 Å². The van der Waals surface area contributed by atoms with Crippen molar-refractivity contribution < 1.29 is 8.42 Å². The standard InChI is InChI=1S/C10H8BrClN2O2S/c1-7-2-3-9(4-10(7)17(12,15)16)14-6-8(11)5-13-14/h2-6H,1H3. The molecule has 0 N–H and O–H groups in total. The monoisotopic (exact) mass is 334 g/mol. The summed E-state index contributed by atoms with van der Waals surface area (Å²) in [6.45, 7) is 1.69. The van der Waals surface area contributed by atoms with Crippen molar-refractivity contribution in [2.75, 3.05) is 0 Å². The number of hydrogen-bond acceptors (Lipinski definition) is 3. The number of hydrogen-bond donors (Lipinski definition) is 0. The van der Waals surface area contributed by atoms with E-state index in [0.717, 1.165) is 4.47 Å². The van der Waals surface area contributed by atoms with E-state index in [-0.39, 0.29) is 4.90 Å². The molecule has 17 heavy (non-hydrogen) atoms. The first-order valence-electron chi connectivity index (χ1n) is 4.64. The van der Waals surface area contributed by atoms with E-state index in [9.17, 15) is 8.42 Å². The highest BCUT2D eigenvalue weighted by Crippen LogP contribution is 2.23. The Balaban J connectivity index is 2.59. The van der Waals surface area contributed by atoms with Gasteiger partial charge in [-0.15, -0.1) is 0 Å². The van der Waals surface area contributed by atoms with Gasteiger partial charge in [-0.3, -0.25) is 0 Å². The van der Waals surface area contributed by atoms with E-state index in [2.05, 4.69) is 21.0 Å². The minimum atomic E-state index is -3.74. The van der Waals surface area contributed by atoms with E-state index in [1.807, 2.05) is 0 Å². The fourth-order valence-electron chi connectivity index (χ4n) is 1.44. The van der Waals surface area contributed by atoms with Gasteiger partial charge in [0.2, 0.25) is 0 Å². The van der Waals surface area contributed by atoms with Gasteiger partial charge < -0.3 is 0 Å². The summed E-state index contributed by atoms with van der Waals surface area (Å²) in [5.74, 6) is 0. The molecule has 0 radical (unpaired) electrons. The number of benzene rings is 1. The van der Waals surface area contributed by atoms with Gasteiger partial charge in [-0.1, -0.05) is 6.07 Å². The molecule has 2 aromatic rings. The molecule has 1 heterocycles. The minimum absolute atomic E-state index is 0.100. The molecule has 0 saturated heterocycles. The van der Waals surface area contributed by atoms with Gasteiger partial charge in [0, 0.05) is 16.9 Å². The van der Waals surface area contributed by atoms with Crippen molar-refractivity contribution in [3.05, 3.63) is 40.6 Å². The van der Waals surface area contributed by atoms with Crippen LogP contribution in [0.15, 0.2) is 40.0 Å². The zero-order valence-corrected chi connectivity index (χ0v) is 11.9. The Kier molecular flexibility index (Phi) is 3.29. The van der Waals surface area contributed by atoms with Crippen molar-refractivity contribution in [3.63, 3.8) is 0 Å². The predicted octanol–water partition coefficient (Wildman–Crippen LogP) is 2.87. The molecule has 0 saturated carbocycles. The van der Waals surface area contributed by atoms with Gasteiger partial charge in [-0.05, 0) is 40.5 Å². The summed E-state index contributed by atoms with van der Waals surface area (Å²) in [6.07, 6.45) is 3.35. The van der Waals surface area contributed by atoms with E-state index in [0.29, 0.717) is 11.3 Å². The lowest BCUT2D eigenvalue weighted by Gasteiger charge is -2.06. The fraction of sp³-hybridized carbons (Fsp3) is 0.100. The van der Waals surface area contributed by atoms with Crippen LogP contribution in [0.1, 0.15) is 5.56 Å². The summed E-state index contributed by atoms with van der Waals surface area (Å²) >= 11 is 3.27. The van der Waals surface area contributed by atoms with Gasteiger partial charge in [-0.2, -0.15) is 5.10 Å². The van der Waals surface area contributed by atoms with E-state index in [4.69, 9.17) is 10.7 Å². The second kappa shape index (κ2) is 4.44. The molecule has 0 amide bonds. The second-order valence-electron chi connectivity index (χ2n) is 3.49. The normalized spacial score (nSPS) is 11.7. The molecule has 0 aliphatic carbocycles. The summed E-state index contributed by atoms with van der Waals surface area (Å²) in [7, 11) is 1.62. The first kappa shape index (κ1) is 12.6. The molecule has 90 valence electrons. The smallest absolute Gasteiger partial charge is 0.240 e. The Hall–Kier alpha value is -0.850. The molecule has 2 rings (SSSR count). The van der Waals surface area contributed by atoms with Crippen LogP contribution < -0.4 is 0 Å². The lowest BCUT2D eigenvalue weighted by molar-refractivity contribution is 0.609. The first-order chi connectivity index (χ1) is 7.88. The van der Waals surface area contributed by atoms with E-state index < -0.39 is 9.05 Å². The van der Waals surface area contributed by atoms with Crippen LogP contribution in [0.2, 0.25) is 0 Å². The Morgan fingerprint density at radius 3 is 2.65 bits per heavy atom. The first-order valence-corrected chi connectivity index (χ1v) is 7.74. The molecular formula is C10H8BrClN2O2S. The minimum Gasteiger partial charge on any atom is -0.240 e. The van der Waals surface area contributed by atoms with Crippen molar-refractivity contribution in [3.8, 4) is 5.69 Å². The number of aryl methyl sites for hydroxylation is 1. The number of aromatic nitrogens is 2. The predicted molar refractivity (Wildman–Crippen MR) is 69.0 cm³/mol. The van der Waals surface area contributed by atoms with Crippen LogP contribution in [0.4, 0.5) is 0 Å². The number of nitrogens with zero attached hydrogens (tertiary/aromatic N) is 2. The summed E-state index contributed by atoms with van der Waals surface area (Å²) in [6, 6.07) is 4.97. The fourth-order valence-corrected chi connectivity index (χ4v) is 2.93. The third-order valence-corrected chi connectivity index (χ3v) is 4.12. The molecule has 4 nitrogen and oxygen atoms in total. The van der Waals surface area contributed by atoms with Crippen molar-refractivity contribution in [1.82, 2.24) is 9.78 Å². The maximum atomic E-state index is 11.4. The van der Waals surface area contributed by atoms with E-state index in [1.165, 1.54) is 6.07 Å². The lowest BCUT2D eigenvalue weighted by Crippen LogP contribution is -1.99. The maximum absolute atomic E-state index is 11.4. The number of halogens is 2. The Bertz CT molecular complexity index is 667. The summed E-state index contributed by atoms with van der Waals surface area (Å²) in [4.78, 5) is 0.100. The molecular weight excluding hydrogens is 328 g/mol. The second-order valence-corrected chi connectivity index (χ2v) is 6.94. The Morgan fingerprint density at radius 2 is 2.12 bits per heavy atom. The topological polar surface area (TPSA) is 52.0 Å². The lowest BCUT2D eigenvalue weighted by atomic mass is 10.2. The van der Waals surface area contributed by atoms with Gasteiger partial charge in [0.1, 0.15) is 0 Å². The average Bonchev–Trinajstić information content (AvgIpc) is 2.64. The van der Waals surface area contributed by atoms with Gasteiger partial charge in [-0.25, -0.2) is 13.1 Å². The molecule has 0 aliphatic heterocycles. The van der Waals surface area contributed by atoms with Crippen molar-refractivity contribution in [2.45, 2.75) is 11.8 Å². The van der Waals surface area contributed by atoms with Gasteiger partial charge >= 0.3 is 0 Å². The van der Waals surface area contributed by atoms with Crippen LogP contribution in [0.3, 0.4) is 0 Å². The zero-order chi connectivity index (χ0) is 12.6. The van der Waals surface area contributed by atoms with Crippen molar-refractivity contribution >= 4 is 35.7 Å². The van der Waals surface area contributed by atoms with Crippen molar-refractivity contribution in [1.29, 1.82) is 0 Å². The highest BCUT2D eigenvalue weighted by molar-refractivity contribution is 9.10. The third kappa shape index (κ3) is 2.70.